The minimum atomic E-state index is -2.73. The number of rotatable bonds is 6. The third-order valence-electron chi connectivity index (χ3n) is 9.23. The van der Waals surface area contributed by atoms with E-state index in [9.17, 15) is 17.6 Å². The molecule has 3 fully saturated rings. The third-order valence-corrected chi connectivity index (χ3v) is 9.23. The van der Waals surface area contributed by atoms with Crippen LogP contribution in [0.4, 0.5) is 23.4 Å². The molecule has 9 nitrogen and oxygen atoms in total. The first-order valence-corrected chi connectivity index (χ1v) is 14.6. The Labute approximate surface area is 240 Å². The maximum atomic E-state index is 14.3. The molecule has 224 valence electrons. The average molecular weight is 587 g/mol. The lowest BCUT2D eigenvalue weighted by Crippen LogP contribution is -2.59. The van der Waals surface area contributed by atoms with Crippen LogP contribution in [0.5, 0.6) is 0 Å². The largest absolute Gasteiger partial charge is 0.376 e. The van der Waals surface area contributed by atoms with Crippen molar-refractivity contribution >= 4 is 22.8 Å². The van der Waals surface area contributed by atoms with E-state index in [1.165, 1.54) is 6.07 Å². The zero-order chi connectivity index (χ0) is 29.3. The molecule has 0 bridgehead atoms. The Kier molecular flexibility index (Phi) is 6.65. The second kappa shape index (κ2) is 10.1. The number of hydrogen-bond acceptors (Lipinski definition) is 7. The maximum absolute atomic E-state index is 14.3. The second-order valence-electron chi connectivity index (χ2n) is 12.2. The lowest BCUT2D eigenvalue weighted by molar-refractivity contribution is -0.137. The van der Waals surface area contributed by atoms with Gasteiger partial charge < -0.3 is 14.2 Å². The molecule has 7 rings (SSSR count). The van der Waals surface area contributed by atoms with Crippen LogP contribution in [0.2, 0.25) is 0 Å². The first kappa shape index (κ1) is 27.5. The number of ether oxygens (including phenoxy) is 1. The number of fused-ring (bicyclic) bond motifs is 3. The zero-order valence-corrected chi connectivity index (χ0v) is 23.9. The van der Waals surface area contributed by atoms with E-state index in [1.54, 1.807) is 6.33 Å². The number of anilines is 1. The normalized spacial score (nSPS) is 25.9. The van der Waals surface area contributed by atoms with E-state index in [2.05, 4.69) is 31.5 Å². The van der Waals surface area contributed by atoms with E-state index in [-0.39, 0.29) is 36.9 Å². The number of hydrogen-bond donors (Lipinski definition) is 0. The van der Waals surface area contributed by atoms with Gasteiger partial charge in [0, 0.05) is 50.7 Å². The van der Waals surface area contributed by atoms with Crippen molar-refractivity contribution in [1.29, 1.82) is 0 Å². The van der Waals surface area contributed by atoms with Crippen LogP contribution in [0.25, 0.3) is 16.9 Å². The Morgan fingerprint density at radius 1 is 1.07 bits per heavy atom. The van der Waals surface area contributed by atoms with Crippen molar-refractivity contribution in [3.63, 3.8) is 0 Å². The van der Waals surface area contributed by atoms with Crippen LogP contribution >= 0.6 is 0 Å². The molecule has 1 aliphatic carbocycles. The molecule has 42 heavy (non-hydrogen) atoms. The molecule has 1 saturated carbocycles. The van der Waals surface area contributed by atoms with Crippen LogP contribution in [-0.2, 0) is 11.3 Å². The molecule has 0 unspecified atom stereocenters. The number of benzene rings is 1. The van der Waals surface area contributed by atoms with Crippen molar-refractivity contribution in [3.05, 3.63) is 47.5 Å². The van der Waals surface area contributed by atoms with E-state index < -0.39 is 23.6 Å². The monoisotopic (exact) mass is 586 g/mol. The summed E-state index contributed by atoms with van der Waals surface area (Å²) in [6.07, 6.45) is 3.24. The van der Waals surface area contributed by atoms with Gasteiger partial charge >= 0.3 is 0 Å². The molecule has 5 heterocycles. The Hall–Kier alpha value is -3.32. The molecule has 0 radical (unpaired) electrons. The van der Waals surface area contributed by atoms with Gasteiger partial charge in [-0.15, -0.1) is 10.2 Å². The summed E-state index contributed by atoms with van der Waals surface area (Å²) in [5.74, 6) is -3.02. The van der Waals surface area contributed by atoms with Crippen LogP contribution in [0, 0.1) is 24.5 Å². The molecule has 1 aromatic carbocycles. The van der Waals surface area contributed by atoms with E-state index >= 15 is 0 Å². The minimum absolute atomic E-state index is 0.0840. The lowest BCUT2D eigenvalue weighted by atomic mass is 9.73. The second-order valence-corrected chi connectivity index (χ2v) is 12.2. The van der Waals surface area contributed by atoms with Gasteiger partial charge in [0.25, 0.3) is 5.78 Å². The van der Waals surface area contributed by atoms with Gasteiger partial charge in [0.2, 0.25) is 5.92 Å². The molecule has 4 aromatic rings. The highest BCUT2D eigenvalue weighted by atomic mass is 19.3. The summed E-state index contributed by atoms with van der Waals surface area (Å²) >= 11 is 0. The summed E-state index contributed by atoms with van der Waals surface area (Å²) in [4.78, 5) is 14.2. The first-order chi connectivity index (χ1) is 20.1. The third kappa shape index (κ3) is 4.61. The molecule has 2 saturated heterocycles. The van der Waals surface area contributed by atoms with Gasteiger partial charge in [0.1, 0.15) is 17.7 Å². The van der Waals surface area contributed by atoms with Gasteiger partial charge in [-0.25, -0.2) is 26.9 Å². The number of aryl methyl sites for hydroxylation is 1. The Morgan fingerprint density at radius 2 is 1.88 bits per heavy atom. The van der Waals surface area contributed by atoms with Crippen molar-refractivity contribution in [2.24, 2.45) is 5.92 Å². The number of alkyl halides is 2. The summed E-state index contributed by atoms with van der Waals surface area (Å²) < 4.78 is 66.1. The quantitative estimate of drug-likeness (QED) is 0.297. The molecular formula is C29H34F4N8O. The fourth-order valence-electron chi connectivity index (χ4n) is 7.16. The van der Waals surface area contributed by atoms with Crippen LogP contribution in [-0.4, -0.2) is 77.8 Å². The maximum Gasteiger partial charge on any atom is 0.258 e. The van der Waals surface area contributed by atoms with Gasteiger partial charge in [0.05, 0.1) is 12.6 Å². The summed E-state index contributed by atoms with van der Waals surface area (Å²) in [5, 5.41) is 8.38. The standard InChI is InChI=1S/C29H34F4N8O/c1-16-13-39(17(2)12-38(16)25(20-10-29(32,33)11-20)19-6-7-22(30)23(31)9-19)26-24-27(41-15-34-37-28(41)36-26)40(18(3)35-24)14-21-5-4-8-42-21/h6-7,9,15-17,20-21,25H,4-5,8,10-14H2,1-3H3/t16-,17+,21+,25+/m1/s1. The van der Waals surface area contributed by atoms with Gasteiger partial charge in [-0.05, 0) is 57.2 Å². The van der Waals surface area contributed by atoms with Crippen molar-refractivity contribution in [2.45, 2.75) is 83.2 Å². The topological polar surface area (TPSA) is 76.6 Å². The van der Waals surface area contributed by atoms with Gasteiger partial charge in [-0.3, -0.25) is 4.90 Å². The summed E-state index contributed by atoms with van der Waals surface area (Å²) in [6, 6.07) is 3.13. The number of halogens is 4. The first-order valence-electron chi connectivity index (χ1n) is 14.6. The average Bonchev–Trinajstić information content (AvgIpc) is 3.68. The van der Waals surface area contributed by atoms with Gasteiger partial charge in [-0.2, -0.15) is 4.98 Å². The summed E-state index contributed by atoms with van der Waals surface area (Å²) in [7, 11) is 0. The molecule has 2 aliphatic heterocycles. The predicted molar refractivity (Wildman–Crippen MR) is 148 cm³/mol. The summed E-state index contributed by atoms with van der Waals surface area (Å²) in [5.41, 5.74) is 2.11. The molecular weight excluding hydrogens is 552 g/mol. The highest BCUT2D eigenvalue weighted by Gasteiger charge is 2.51. The molecule has 4 atom stereocenters. The molecule has 0 N–H and O–H groups in total. The van der Waals surface area contributed by atoms with Crippen molar-refractivity contribution in [3.8, 4) is 0 Å². The van der Waals surface area contributed by atoms with Crippen LogP contribution in [0.15, 0.2) is 24.5 Å². The Balaban J connectivity index is 1.24. The molecule has 13 heteroatoms. The van der Waals surface area contributed by atoms with E-state index in [1.807, 2.05) is 18.2 Å². The molecule has 3 aliphatic rings. The fraction of sp³-hybridized carbons (Fsp3) is 0.586. The van der Waals surface area contributed by atoms with E-state index in [0.717, 1.165) is 48.6 Å². The van der Waals surface area contributed by atoms with Gasteiger partial charge in [0.15, 0.2) is 23.1 Å². The number of imidazole rings is 1. The predicted octanol–water partition coefficient (Wildman–Crippen LogP) is 4.93. The zero-order valence-electron chi connectivity index (χ0n) is 23.9. The number of piperazine rings is 1. The molecule has 0 spiro atoms. The number of aromatic nitrogens is 6. The van der Waals surface area contributed by atoms with E-state index in [0.29, 0.717) is 36.8 Å². The van der Waals surface area contributed by atoms with Gasteiger partial charge in [-0.1, -0.05) is 6.07 Å². The Bertz CT molecular complexity index is 1620. The minimum Gasteiger partial charge on any atom is -0.376 e. The fourth-order valence-corrected chi connectivity index (χ4v) is 7.16. The van der Waals surface area contributed by atoms with Crippen molar-refractivity contribution in [2.75, 3.05) is 24.6 Å². The van der Waals surface area contributed by atoms with Crippen molar-refractivity contribution in [1.82, 2.24) is 34.0 Å². The Morgan fingerprint density at radius 3 is 2.60 bits per heavy atom. The van der Waals surface area contributed by atoms with Crippen molar-refractivity contribution < 1.29 is 22.3 Å². The van der Waals surface area contributed by atoms with Crippen LogP contribution in [0.3, 0.4) is 0 Å². The highest BCUT2D eigenvalue weighted by Crippen LogP contribution is 2.51. The molecule has 0 amide bonds. The van der Waals surface area contributed by atoms with E-state index in [4.69, 9.17) is 14.7 Å². The van der Waals surface area contributed by atoms with Crippen LogP contribution < -0.4 is 4.90 Å². The SMILES string of the molecule is Cc1nc2c(N3C[C@@H](C)N([C@@H](c4ccc(F)c(F)c4)C4CC(F)(F)C4)C[C@@H]3C)nc3nncn3c2n1C[C@@H]1CCCO1. The highest BCUT2D eigenvalue weighted by molar-refractivity contribution is 5.87. The lowest BCUT2D eigenvalue weighted by Gasteiger charge is -2.52. The summed E-state index contributed by atoms with van der Waals surface area (Å²) in [6.45, 7) is 8.55. The molecule has 3 aromatic heterocycles. The smallest absolute Gasteiger partial charge is 0.258 e. The van der Waals surface area contributed by atoms with Crippen LogP contribution in [0.1, 0.15) is 57.0 Å². The number of nitrogens with zero attached hydrogens (tertiary/aromatic N) is 8.